The van der Waals surface area contributed by atoms with Crippen LogP contribution in [0, 0.1) is 6.92 Å². The monoisotopic (exact) mass is 260 g/mol. The van der Waals surface area contributed by atoms with Gasteiger partial charge in [0.2, 0.25) is 0 Å². The number of nitrogens with two attached hydrogens (primary N) is 1. The molecule has 0 spiro atoms. The summed E-state index contributed by atoms with van der Waals surface area (Å²) in [5, 5.41) is 4.05. The summed E-state index contributed by atoms with van der Waals surface area (Å²) in [6, 6.07) is 7.54. The highest BCUT2D eigenvalue weighted by Gasteiger charge is 2.14. The molecule has 0 aliphatic rings. The Labute approximate surface area is 111 Å². The first-order chi connectivity index (χ1) is 8.58. The first-order valence-electron chi connectivity index (χ1n) is 5.70. The van der Waals surface area contributed by atoms with E-state index in [1.165, 1.54) is 0 Å². The third-order valence-corrected chi connectivity index (χ3v) is 3.52. The average molecular weight is 260 g/mol. The third kappa shape index (κ3) is 2.71. The minimum atomic E-state index is -0.0429. The zero-order chi connectivity index (χ0) is 13.1. The van der Waals surface area contributed by atoms with Gasteiger partial charge in [0, 0.05) is 19.3 Å². The fourth-order valence-electron chi connectivity index (χ4n) is 1.81. The van der Waals surface area contributed by atoms with Gasteiger partial charge in [0.25, 0.3) is 5.91 Å². The lowest BCUT2D eigenvalue weighted by atomic mass is 10.1. The fourth-order valence-corrected chi connectivity index (χ4v) is 2.47. The quantitative estimate of drug-likeness (QED) is 0.862. The summed E-state index contributed by atoms with van der Waals surface area (Å²) >= 11 is 1.63. The van der Waals surface area contributed by atoms with E-state index in [0.29, 0.717) is 17.8 Å². The molecule has 2 N–H and O–H groups in total. The van der Waals surface area contributed by atoms with Crippen molar-refractivity contribution >= 4 is 22.9 Å². The molecular formula is C14H16N2OS. The normalized spacial score (nSPS) is 10.3. The van der Waals surface area contributed by atoms with Crippen LogP contribution in [0.15, 0.2) is 35.0 Å². The van der Waals surface area contributed by atoms with Crippen molar-refractivity contribution in [3.8, 4) is 0 Å². The Balaban J connectivity index is 2.15. The molecule has 0 radical (unpaired) electrons. The van der Waals surface area contributed by atoms with Crippen molar-refractivity contribution in [2.24, 2.45) is 0 Å². The van der Waals surface area contributed by atoms with Gasteiger partial charge in [-0.25, -0.2) is 0 Å². The first-order valence-corrected chi connectivity index (χ1v) is 6.65. The van der Waals surface area contributed by atoms with E-state index in [4.69, 9.17) is 5.73 Å². The highest BCUT2D eigenvalue weighted by molar-refractivity contribution is 7.07. The highest BCUT2D eigenvalue weighted by Crippen LogP contribution is 2.17. The fraction of sp³-hybridized carbons (Fsp3) is 0.214. The summed E-state index contributed by atoms with van der Waals surface area (Å²) in [6.07, 6.45) is 0. The number of hydrogen-bond donors (Lipinski definition) is 1. The van der Waals surface area contributed by atoms with Crippen LogP contribution in [0.2, 0.25) is 0 Å². The third-order valence-electron chi connectivity index (χ3n) is 2.78. The molecule has 1 aromatic heterocycles. The lowest BCUT2D eigenvalue weighted by Gasteiger charge is -2.17. The Bertz CT molecular complexity index is 549. The van der Waals surface area contributed by atoms with Gasteiger partial charge in [0.15, 0.2) is 0 Å². The second-order valence-corrected chi connectivity index (χ2v) is 5.16. The van der Waals surface area contributed by atoms with E-state index >= 15 is 0 Å². The molecular weight excluding hydrogens is 244 g/mol. The van der Waals surface area contributed by atoms with Crippen molar-refractivity contribution in [1.29, 1.82) is 0 Å². The van der Waals surface area contributed by atoms with E-state index in [-0.39, 0.29) is 5.91 Å². The highest BCUT2D eigenvalue weighted by atomic mass is 32.1. The number of nitrogens with zero attached hydrogens (tertiary/aromatic N) is 1. The van der Waals surface area contributed by atoms with Crippen molar-refractivity contribution in [3.05, 3.63) is 51.7 Å². The molecule has 3 nitrogen and oxygen atoms in total. The van der Waals surface area contributed by atoms with Gasteiger partial charge in [-0.05, 0) is 47.0 Å². The zero-order valence-electron chi connectivity index (χ0n) is 10.5. The van der Waals surface area contributed by atoms with Gasteiger partial charge in [-0.2, -0.15) is 11.3 Å². The summed E-state index contributed by atoms with van der Waals surface area (Å²) in [4.78, 5) is 13.9. The molecule has 0 bridgehead atoms. The number of thiophene rings is 1. The molecule has 2 rings (SSSR count). The minimum absolute atomic E-state index is 0.0429. The van der Waals surface area contributed by atoms with Crippen LogP contribution in [0.4, 0.5) is 5.69 Å². The molecule has 1 heterocycles. The standard InChI is InChI=1S/C14H16N2OS/c1-10-3-4-12(13(15)7-10)14(17)16(2)8-11-5-6-18-9-11/h3-7,9H,8,15H2,1-2H3. The number of carbonyl (C=O) groups is 1. The first kappa shape index (κ1) is 12.6. The van der Waals surface area contributed by atoms with Crippen LogP contribution in [-0.4, -0.2) is 17.9 Å². The van der Waals surface area contributed by atoms with Crippen LogP contribution >= 0.6 is 11.3 Å². The van der Waals surface area contributed by atoms with Gasteiger partial charge in [-0.3, -0.25) is 4.79 Å². The van der Waals surface area contributed by atoms with E-state index in [1.54, 1.807) is 29.4 Å². The SMILES string of the molecule is Cc1ccc(C(=O)N(C)Cc2ccsc2)c(N)c1. The van der Waals surface area contributed by atoms with E-state index in [9.17, 15) is 4.79 Å². The second-order valence-electron chi connectivity index (χ2n) is 4.38. The lowest BCUT2D eigenvalue weighted by Crippen LogP contribution is -2.26. The molecule has 0 unspecified atom stereocenters. The largest absolute Gasteiger partial charge is 0.398 e. The van der Waals surface area contributed by atoms with Crippen LogP contribution in [0.1, 0.15) is 21.5 Å². The van der Waals surface area contributed by atoms with Crippen molar-refractivity contribution in [3.63, 3.8) is 0 Å². The molecule has 1 aromatic carbocycles. The van der Waals surface area contributed by atoms with Crippen LogP contribution < -0.4 is 5.73 Å². The maximum atomic E-state index is 12.3. The van der Waals surface area contributed by atoms with E-state index < -0.39 is 0 Å². The van der Waals surface area contributed by atoms with Crippen molar-refractivity contribution < 1.29 is 4.79 Å². The number of carbonyl (C=O) groups excluding carboxylic acids is 1. The average Bonchev–Trinajstić information content (AvgIpc) is 2.81. The number of aryl methyl sites for hydroxylation is 1. The molecule has 0 aliphatic heterocycles. The van der Waals surface area contributed by atoms with Crippen molar-refractivity contribution in [2.45, 2.75) is 13.5 Å². The van der Waals surface area contributed by atoms with Gasteiger partial charge >= 0.3 is 0 Å². The second kappa shape index (κ2) is 5.23. The van der Waals surface area contributed by atoms with Gasteiger partial charge < -0.3 is 10.6 Å². The molecule has 18 heavy (non-hydrogen) atoms. The predicted octanol–water partition coefficient (Wildman–Crippen LogP) is 2.91. The molecule has 0 fully saturated rings. The Hall–Kier alpha value is -1.81. The van der Waals surface area contributed by atoms with Gasteiger partial charge in [0.1, 0.15) is 0 Å². The van der Waals surface area contributed by atoms with Crippen molar-refractivity contribution in [1.82, 2.24) is 4.90 Å². The number of nitrogen functional groups attached to an aromatic ring is 1. The van der Waals surface area contributed by atoms with Crippen LogP contribution in [0.3, 0.4) is 0 Å². The summed E-state index contributed by atoms with van der Waals surface area (Å²) in [5.74, 6) is -0.0429. The van der Waals surface area contributed by atoms with E-state index in [0.717, 1.165) is 11.1 Å². The van der Waals surface area contributed by atoms with Gasteiger partial charge in [-0.1, -0.05) is 6.07 Å². The van der Waals surface area contributed by atoms with Crippen LogP contribution in [0.5, 0.6) is 0 Å². The van der Waals surface area contributed by atoms with E-state index in [1.807, 2.05) is 35.9 Å². The number of benzene rings is 1. The number of rotatable bonds is 3. The lowest BCUT2D eigenvalue weighted by molar-refractivity contribution is 0.0786. The zero-order valence-corrected chi connectivity index (χ0v) is 11.3. The van der Waals surface area contributed by atoms with Gasteiger partial charge in [0.05, 0.1) is 5.56 Å². The molecule has 94 valence electrons. The van der Waals surface area contributed by atoms with Crippen molar-refractivity contribution in [2.75, 3.05) is 12.8 Å². The Kier molecular flexibility index (Phi) is 3.67. The summed E-state index contributed by atoms with van der Waals surface area (Å²) in [7, 11) is 1.79. The van der Waals surface area contributed by atoms with Gasteiger partial charge in [-0.15, -0.1) is 0 Å². The molecule has 2 aromatic rings. The predicted molar refractivity (Wildman–Crippen MR) is 75.7 cm³/mol. The molecule has 0 saturated heterocycles. The topological polar surface area (TPSA) is 46.3 Å². The van der Waals surface area contributed by atoms with Crippen LogP contribution in [-0.2, 0) is 6.54 Å². The number of hydrogen-bond acceptors (Lipinski definition) is 3. The molecule has 0 atom stereocenters. The summed E-state index contributed by atoms with van der Waals surface area (Å²) < 4.78 is 0. The van der Waals surface area contributed by atoms with E-state index in [2.05, 4.69) is 0 Å². The van der Waals surface area contributed by atoms with Crippen LogP contribution in [0.25, 0.3) is 0 Å². The molecule has 0 aliphatic carbocycles. The maximum absolute atomic E-state index is 12.3. The Morgan fingerprint density at radius 1 is 1.39 bits per heavy atom. The summed E-state index contributed by atoms with van der Waals surface area (Å²) in [6.45, 7) is 2.56. The number of amides is 1. The minimum Gasteiger partial charge on any atom is -0.398 e. The summed E-state index contributed by atoms with van der Waals surface area (Å²) in [5.41, 5.74) is 9.20. The Morgan fingerprint density at radius 3 is 2.78 bits per heavy atom. The number of anilines is 1. The molecule has 1 amide bonds. The molecule has 0 saturated carbocycles. The Morgan fingerprint density at radius 2 is 2.17 bits per heavy atom. The smallest absolute Gasteiger partial charge is 0.255 e. The maximum Gasteiger partial charge on any atom is 0.255 e. The molecule has 4 heteroatoms.